The summed E-state index contributed by atoms with van der Waals surface area (Å²) in [6.07, 6.45) is 0.456. The van der Waals surface area contributed by atoms with Gasteiger partial charge in [0.05, 0.1) is 12.4 Å². The summed E-state index contributed by atoms with van der Waals surface area (Å²) < 4.78 is 29.4. The number of nitrogens with zero attached hydrogens (tertiary/aromatic N) is 1. The zero-order valence-electron chi connectivity index (χ0n) is 10.4. The van der Waals surface area contributed by atoms with Crippen molar-refractivity contribution < 1.29 is 17.9 Å². The Kier molecular flexibility index (Phi) is 6.59. The molecule has 6 heteroatoms. The SMILES string of the molecule is CCOC(=O)CCCS(=O)(=O)N(C)C(C)C. The van der Waals surface area contributed by atoms with Crippen molar-refractivity contribution in [2.75, 3.05) is 19.4 Å². The molecule has 0 unspecified atom stereocenters. The van der Waals surface area contributed by atoms with E-state index in [9.17, 15) is 13.2 Å². The van der Waals surface area contributed by atoms with Gasteiger partial charge in [0, 0.05) is 19.5 Å². The van der Waals surface area contributed by atoms with E-state index < -0.39 is 10.0 Å². The first-order valence-electron chi connectivity index (χ1n) is 5.42. The number of hydrogen-bond acceptors (Lipinski definition) is 4. The summed E-state index contributed by atoms with van der Waals surface area (Å²) in [4.78, 5) is 11.0. The summed E-state index contributed by atoms with van der Waals surface area (Å²) in [6, 6.07) is -0.0624. The summed E-state index contributed by atoms with van der Waals surface area (Å²) in [5.74, 6) is -0.356. The molecule has 0 aromatic heterocycles. The average Bonchev–Trinajstić information content (AvgIpc) is 2.16. The minimum absolute atomic E-state index is 0.0134. The average molecular weight is 251 g/mol. The van der Waals surface area contributed by atoms with Crippen LogP contribution in [0.4, 0.5) is 0 Å². The molecule has 96 valence electrons. The molecule has 5 nitrogen and oxygen atoms in total. The highest BCUT2D eigenvalue weighted by atomic mass is 32.2. The Bertz CT molecular complexity index is 311. The largest absolute Gasteiger partial charge is 0.466 e. The van der Waals surface area contributed by atoms with Crippen LogP contribution in [0.25, 0.3) is 0 Å². The van der Waals surface area contributed by atoms with Crippen LogP contribution in [-0.4, -0.2) is 44.1 Å². The van der Waals surface area contributed by atoms with Crippen LogP contribution in [0.5, 0.6) is 0 Å². The van der Waals surface area contributed by atoms with Gasteiger partial charge in [0.15, 0.2) is 0 Å². The molecule has 0 heterocycles. The molecular weight excluding hydrogens is 230 g/mol. The van der Waals surface area contributed by atoms with Gasteiger partial charge in [0.1, 0.15) is 0 Å². The second-order valence-corrected chi connectivity index (χ2v) is 5.98. The Hall–Kier alpha value is -0.620. The summed E-state index contributed by atoms with van der Waals surface area (Å²) in [6.45, 7) is 5.67. The Morgan fingerprint density at radius 2 is 1.94 bits per heavy atom. The zero-order valence-corrected chi connectivity index (χ0v) is 11.2. The molecule has 0 saturated carbocycles. The van der Waals surface area contributed by atoms with E-state index in [2.05, 4.69) is 0 Å². The Morgan fingerprint density at radius 1 is 1.38 bits per heavy atom. The van der Waals surface area contributed by atoms with Gasteiger partial charge in [-0.05, 0) is 27.2 Å². The van der Waals surface area contributed by atoms with Crippen LogP contribution < -0.4 is 0 Å². The predicted octanol–water partition coefficient (Wildman–Crippen LogP) is 1.000. The van der Waals surface area contributed by atoms with E-state index >= 15 is 0 Å². The van der Waals surface area contributed by atoms with Gasteiger partial charge in [-0.15, -0.1) is 0 Å². The smallest absolute Gasteiger partial charge is 0.305 e. The molecule has 0 aliphatic carbocycles. The van der Waals surface area contributed by atoms with Gasteiger partial charge < -0.3 is 4.74 Å². The number of ether oxygens (including phenoxy) is 1. The minimum Gasteiger partial charge on any atom is -0.466 e. The third-order valence-electron chi connectivity index (χ3n) is 2.25. The second kappa shape index (κ2) is 6.85. The van der Waals surface area contributed by atoms with E-state index in [1.165, 1.54) is 4.31 Å². The second-order valence-electron chi connectivity index (χ2n) is 3.83. The minimum atomic E-state index is -3.24. The molecule has 0 fully saturated rings. The quantitative estimate of drug-likeness (QED) is 0.633. The molecule has 0 atom stereocenters. The van der Waals surface area contributed by atoms with E-state index in [-0.39, 0.29) is 24.2 Å². The van der Waals surface area contributed by atoms with Crippen molar-refractivity contribution in [1.29, 1.82) is 0 Å². The molecule has 0 spiro atoms. The van der Waals surface area contributed by atoms with Gasteiger partial charge >= 0.3 is 5.97 Å². The third kappa shape index (κ3) is 5.46. The van der Waals surface area contributed by atoms with Crippen LogP contribution in [0.3, 0.4) is 0 Å². The van der Waals surface area contributed by atoms with E-state index in [0.29, 0.717) is 13.0 Å². The molecule has 0 bridgehead atoms. The highest BCUT2D eigenvalue weighted by Crippen LogP contribution is 2.07. The molecule has 0 aliphatic rings. The monoisotopic (exact) mass is 251 g/mol. The number of hydrogen-bond donors (Lipinski definition) is 0. The van der Waals surface area contributed by atoms with Gasteiger partial charge in [-0.1, -0.05) is 0 Å². The number of sulfonamides is 1. The molecule has 0 rings (SSSR count). The predicted molar refractivity (Wildman–Crippen MR) is 62.6 cm³/mol. The summed E-state index contributed by atoms with van der Waals surface area (Å²) in [5.41, 5.74) is 0. The first kappa shape index (κ1) is 15.4. The molecule has 16 heavy (non-hydrogen) atoms. The molecular formula is C10H21NO4S. The van der Waals surface area contributed by atoms with Crippen molar-refractivity contribution in [2.45, 2.75) is 39.7 Å². The Balaban J connectivity index is 4.06. The lowest BCUT2D eigenvalue weighted by molar-refractivity contribution is -0.143. The van der Waals surface area contributed by atoms with E-state index in [1.54, 1.807) is 14.0 Å². The highest BCUT2D eigenvalue weighted by molar-refractivity contribution is 7.89. The molecule has 0 radical (unpaired) electrons. The van der Waals surface area contributed by atoms with Crippen molar-refractivity contribution in [2.24, 2.45) is 0 Å². The summed E-state index contributed by atoms with van der Waals surface area (Å²) in [7, 11) is -1.70. The van der Waals surface area contributed by atoms with Crippen LogP contribution in [0.2, 0.25) is 0 Å². The van der Waals surface area contributed by atoms with Crippen molar-refractivity contribution in [1.82, 2.24) is 4.31 Å². The van der Waals surface area contributed by atoms with Gasteiger partial charge in [-0.2, -0.15) is 0 Å². The lowest BCUT2D eigenvalue weighted by Gasteiger charge is -2.20. The van der Waals surface area contributed by atoms with Crippen molar-refractivity contribution in [3.8, 4) is 0 Å². The number of esters is 1. The number of carbonyl (C=O) groups excluding carboxylic acids is 1. The fraction of sp³-hybridized carbons (Fsp3) is 0.900. The van der Waals surface area contributed by atoms with Crippen LogP contribution in [0.1, 0.15) is 33.6 Å². The maximum atomic E-state index is 11.7. The summed E-state index contributed by atoms with van der Waals surface area (Å²) >= 11 is 0. The van der Waals surface area contributed by atoms with Gasteiger partial charge in [-0.25, -0.2) is 12.7 Å². The van der Waals surface area contributed by atoms with Crippen LogP contribution in [-0.2, 0) is 19.6 Å². The molecule has 0 aromatic rings. The maximum absolute atomic E-state index is 11.7. The molecule has 0 saturated heterocycles. The molecule has 0 aromatic carbocycles. The first-order chi connectivity index (χ1) is 7.31. The zero-order chi connectivity index (χ0) is 12.8. The van der Waals surface area contributed by atoms with Crippen LogP contribution >= 0.6 is 0 Å². The maximum Gasteiger partial charge on any atom is 0.305 e. The third-order valence-corrected chi connectivity index (χ3v) is 4.36. The molecule has 0 amide bonds. The molecule has 0 N–H and O–H groups in total. The van der Waals surface area contributed by atoms with Gasteiger partial charge in [0.25, 0.3) is 0 Å². The normalized spacial score (nSPS) is 12.1. The Morgan fingerprint density at radius 3 is 2.38 bits per heavy atom. The highest BCUT2D eigenvalue weighted by Gasteiger charge is 2.20. The lowest BCUT2D eigenvalue weighted by Crippen LogP contribution is -2.35. The van der Waals surface area contributed by atoms with Crippen molar-refractivity contribution in [3.63, 3.8) is 0 Å². The lowest BCUT2D eigenvalue weighted by atomic mass is 10.3. The van der Waals surface area contributed by atoms with Crippen LogP contribution in [0, 0.1) is 0 Å². The fourth-order valence-electron chi connectivity index (χ4n) is 1.10. The van der Waals surface area contributed by atoms with E-state index in [4.69, 9.17) is 4.74 Å². The van der Waals surface area contributed by atoms with Crippen molar-refractivity contribution in [3.05, 3.63) is 0 Å². The number of carbonyl (C=O) groups is 1. The van der Waals surface area contributed by atoms with Gasteiger partial charge in [0.2, 0.25) is 10.0 Å². The van der Waals surface area contributed by atoms with E-state index in [1.807, 2.05) is 13.8 Å². The van der Waals surface area contributed by atoms with Gasteiger partial charge in [-0.3, -0.25) is 4.79 Å². The van der Waals surface area contributed by atoms with E-state index in [0.717, 1.165) is 0 Å². The Labute approximate surface area is 97.8 Å². The first-order valence-corrected chi connectivity index (χ1v) is 7.03. The summed E-state index contributed by atoms with van der Waals surface area (Å²) in [5, 5.41) is 0. The molecule has 0 aliphatic heterocycles. The van der Waals surface area contributed by atoms with Crippen LogP contribution in [0.15, 0.2) is 0 Å². The van der Waals surface area contributed by atoms with Crippen molar-refractivity contribution >= 4 is 16.0 Å². The fourth-order valence-corrected chi connectivity index (χ4v) is 2.54. The standard InChI is InChI=1S/C10H21NO4S/c1-5-15-10(12)7-6-8-16(13,14)11(4)9(2)3/h9H,5-8H2,1-4H3. The topological polar surface area (TPSA) is 63.7 Å². The number of rotatable bonds is 7.